The van der Waals surface area contributed by atoms with Crippen LogP contribution in [0.4, 0.5) is 4.79 Å². The zero-order valence-corrected chi connectivity index (χ0v) is 17.8. The van der Waals surface area contributed by atoms with Crippen molar-refractivity contribution in [3.8, 4) is 11.5 Å². The number of hydrogen-bond acceptors (Lipinski definition) is 5. The summed E-state index contributed by atoms with van der Waals surface area (Å²) in [6, 6.07) is 10.7. The molecule has 0 saturated carbocycles. The van der Waals surface area contributed by atoms with E-state index < -0.39 is 0 Å². The van der Waals surface area contributed by atoms with Crippen molar-refractivity contribution < 1.29 is 19.1 Å². The van der Waals surface area contributed by atoms with Crippen LogP contribution in [0.25, 0.3) is 6.08 Å². The van der Waals surface area contributed by atoms with Gasteiger partial charge in [0.25, 0.3) is 11.1 Å². The maximum absolute atomic E-state index is 12.4. The van der Waals surface area contributed by atoms with Gasteiger partial charge < -0.3 is 9.47 Å². The van der Waals surface area contributed by atoms with E-state index >= 15 is 0 Å². The van der Waals surface area contributed by atoms with Gasteiger partial charge in [-0.05, 0) is 41.6 Å². The number of ether oxygens (including phenoxy) is 2. The van der Waals surface area contributed by atoms with Crippen LogP contribution in [-0.2, 0) is 11.4 Å². The maximum atomic E-state index is 12.4. The van der Waals surface area contributed by atoms with E-state index in [1.165, 1.54) is 13.2 Å². The van der Waals surface area contributed by atoms with E-state index in [1.54, 1.807) is 24.3 Å². The third kappa shape index (κ3) is 4.78. The van der Waals surface area contributed by atoms with Gasteiger partial charge in [0.15, 0.2) is 11.5 Å². The van der Waals surface area contributed by atoms with Crippen molar-refractivity contribution in [1.82, 2.24) is 4.90 Å². The number of nitrogens with zero attached hydrogens (tertiary/aromatic N) is 1. The van der Waals surface area contributed by atoms with Crippen molar-refractivity contribution in [2.45, 2.75) is 6.61 Å². The maximum Gasteiger partial charge on any atom is 0.293 e. The standard InChI is InChI=1S/C21H17Cl2NO4S/c1-3-8-24-20(25)18(29-21(24)26)11-13-9-16(23)19(17(10-13)27-2)28-12-14-6-4-5-7-15(14)22/h3-7,9-11H,1,8,12H2,2H3/b18-11+. The van der Waals surface area contributed by atoms with Crippen LogP contribution in [-0.4, -0.2) is 29.7 Å². The predicted octanol–water partition coefficient (Wildman–Crippen LogP) is 5.80. The van der Waals surface area contributed by atoms with Crippen LogP contribution in [0.2, 0.25) is 10.0 Å². The molecule has 1 aliphatic rings. The summed E-state index contributed by atoms with van der Waals surface area (Å²) in [5.74, 6) is 0.404. The molecule has 2 aromatic carbocycles. The number of imide groups is 1. The minimum atomic E-state index is -0.367. The SMILES string of the molecule is C=CCN1C(=O)S/C(=C/c2cc(Cl)c(OCc3ccccc3Cl)c(OC)c2)C1=O. The Hall–Kier alpha value is -2.41. The van der Waals surface area contributed by atoms with Gasteiger partial charge >= 0.3 is 0 Å². The van der Waals surface area contributed by atoms with Crippen LogP contribution < -0.4 is 9.47 Å². The number of benzene rings is 2. The highest BCUT2D eigenvalue weighted by Crippen LogP contribution is 2.39. The molecule has 0 radical (unpaired) electrons. The van der Waals surface area contributed by atoms with Gasteiger partial charge in [0.2, 0.25) is 0 Å². The van der Waals surface area contributed by atoms with Crippen molar-refractivity contribution in [3.63, 3.8) is 0 Å². The Balaban J connectivity index is 1.85. The molecule has 0 spiro atoms. The topological polar surface area (TPSA) is 55.8 Å². The monoisotopic (exact) mass is 449 g/mol. The molecule has 1 saturated heterocycles. The van der Waals surface area contributed by atoms with Crippen molar-refractivity contribution in [2.24, 2.45) is 0 Å². The molecule has 2 aromatic rings. The normalized spacial score (nSPS) is 15.1. The molecule has 3 rings (SSSR count). The summed E-state index contributed by atoms with van der Waals surface area (Å²) in [7, 11) is 1.50. The summed E-state index contributed by atoms with van der Waals surface area (Å²) < 4.78 is 11.2. The van der Waals surface area contributed by atoms with Gasteiger partial charge in [0.1, 0.15) is 6.61 Å². The minimum Gasteiger partial charge on any atom is -0.493 e. The van der Waals surface area contributed by atoms with E-state index in [2.05, 4.69) is 6.58 Å². The first-order chi connectivity index (χ1) is 13.9. The average Bonchev–Trinajstić information content (AvgIpc) is 2.95. The molecule has 0 aromatic heterocycles. The molecule has 0 N–H and O–H groups in total. The molecule has 0 unspecified atom stereocenters. The Morgan fingerprint density at radius 1 is 1.17 bits per heavy atom. The van der Waals surface area contributed by atoms with Gasteiger partial charge in [0, 0.05) is 17.1 Å². The van der Waals surface area contributed by atoms with E-state index in [9.17, 15) is 9.59 Å². The van der Waals surface area contributed by atoms with E-state index in [-0.39, 0.29) is 24.3 Å². The Morgan fingerprint density at radius 2 is 1.93 bits per heavy atom. The predicted molar refractivity (Wildman–Crippen MR) is 117 cm³/mol. The van der Waals surface area contributed by atoms with Crippen molar-refractivity contribution >= 4 is 52.2 Å². The number of halogens is 2. The second kappa shape index (κ2) is 9.39. The molecule has 1 heterocycles. The van der Waals surface area contributed by atoms with Gasteiger partial charge in [-0.3, -0.25) is 14.5 Å². The van der Waals surface area contributed by atoms with Crippen LogP contribution in [0.5, 0.6) is 11.5 Å². The third-order valence-electron chi connectivity index (χ3n) is 4.06. The largest absolute Gasteiger partial charge is 0.493 e. The number of carbonyl (C=O) groups is 2. The van der Waals surface area contributed by atoms with Crippen molar-refractivity contribution in [2.75, 3.05) is 13.7 Å². The minimum absolute atomic E-state index is 0.168. The Kier molecular flexibility index (Phi) is 6.90. The number of thioether (sulfide) groups is 1. The number of carbonyl (C=O) groups excluding carboxylic acids is 2. The Morgan fingerprint density at radius 3 is 2.62 bits per heavy atom. The number of hydrogen-bond donors (Lipinski definition) is 0. The quantitative estimate of drug-likeness (QED) is 0.394. The molecule has 0 bridgehead atoms. The molecular weight excluding hydrogens is 433 g/mol. The van der Waals surface area contributed by atoms with Crippen molar-refractivity contribution in [3.05, 3.63) is 75.1 Å². The third-order valence-corrected chi connectivity index (χ3v) is 5.62. The van der Waals surface area contributed by atoms with Crippen LogP contribution in [0.3, 0.4) is 0 Å². The molecule has 1 aliphatic heterocycles. The zero-order valence-electron chi connectivity index (χ0n) is 15.5. The van der Waals surface area contributed by atoms with Crippen LogP contribution in [0.15, 0.2) is 54.0 Å². The second-order valence-corrected chi connectivity index (χ2v) is 7.80. The van der Waals surface area contributed by atoms with E-state index in [0.717, 1.165) is 22.2 Å². The molecule has 29 heavy (non-hydrogen) atoms. The smallest absolute Gasteiger partial charge is 0.293 e. The highest BCUT2D eigenvalue weighted by molar-refractivity contribution is 8.18. The summed E-state index contributed by atoms with van der Waals surface area (Å²) in [5.41, 5.74) is 1.42. The second-order valence-electron chi connectivity index (χ2n) is 6.00. The first-order valence-electron chi connectivity index (χ1n) is 8.54. The van der Waals surface area contributed by atoms with Crippen LogP contribution >= 0.6 is 35.0 Å². The lowest BCUT2D eigenvalue weighted by atomic mass is 10.1. The molecule has 0 aliphatic carbocycles. The first kappa shape index (κ1) is 21.3. The molecule has 2 amide bonds. The summed E-state index contributed by atoms with van der Waals surface area (Å²) in [6.07, 6.45) is 3.10. The van der Waals surface area contributed by atoms with Crippen LogP contribution in [0.1, 0.15) is 11.1 Å². The molecular formula is C21H17Cl2NO4S. The summed E-state index contributed by atoms with van der Waals surface area (Å²) in [6.45, 7) is 3.95. The Bertz CT molecular complexity index is 1010. The lowest BCUT2D eigenvalue weighted by molar-refractivity contribution is -0.122. The number of methoxy groups -OCH3 is 1. The van der Waals surface area contributed by atoms with Gasteiger partial charge in [-0.2, -0.15) is 0 Å². The molecule has 150 valence electrons. The summed E-state index contributed by atoms with van der Waals surface area (Å²) >= 11 is 13.4. The zero-order chi connectivity index (χ0) is 21.0. The number of rotatable bonds is 7. The fourth-order valence-electron chi connectivity index (χ4n) is 2.67. The highest BCUT2D eigenvalue weighted by Gasteiger charge is 2.34. The van der Waals surface area contributed by atoms with E-state index in [1.807, 2.05) is 18.2 Å². The molecule has 5 nitrogen and oxygen atoms in total. The molecule has 1 fully saturated rings. The fraction of sp³-hybridized carbons (Fsp3) is 0.143. The average molecular weight is 450 g/mol. The number of amides is 2. The van der Waals surface area contributed by atoms with E-state index in [4.69, 9.17) is 32.7 Å². The summed E-state index contributed by atoms with van der Waals surface area (Å²) in [4.78, 5) is 25.8. The molecule has 0 atom stereocenters. The lowest BCUT2D eigenvalue weighted by Gasteiger charge is -2.14. The van der Waals surface area contributed by atoms with Gasteiger partial charge in [0.05, 0.1) is 17.0 Å². The van der Waals surface area contributed by atoms with Gasteiger partial charge in [-0.15, -0.1) is 6.58 Å². The van der Waals surface area contributed by atoms with E-state index in [0.29, 0.717) is 32.0 Å². The van der Waals surface area contributed by atoms with Gasteiger partial charge in [-0.25, -0.2) is 0 Å². The highest BCUT2D eigenvalue weighted by atomic mass is 35.5. The first-order valence-corrected chi connectivity index (χ1v) is 10.1. The summed E-state index contributed by atoms with van der Waals surface area (Å²) in [5, 5.41) is 0.571. The van der Waals surface area contributed by atoms with Gasteiger partial charge in [-0.1, -0.05) is 47.5 Å². The fourth-order valence-corrected chi connectivity index (χ4v) is 3.98. The lowest BCUT2D eigenvalue weighted by Crippen LogP contribution is -2.27. The Labute approximate surface area is 182 Å². The van der Waals surface area contributed by atoms with Crippen LogP contribution in [0, 0.1) is 0 Å². The molecule has 8 heteroatoms. The van der Waals surface area contributed by atoms with Crippen molar-refractivity contribution in [1.29, 1.82) is 0 Å².